The van der Waals surface area contributed by atoms with Crippen molar-refractivity contribution in [3.8, 4) is 6.07 Å². The highest BCUT2D eigenvalue weighted by molar-refractivity contribution is 7.16. The summed E-state index contributed by atoms with van der Waals surface area (Å²) in [6.07, 6.45) is 1.07. The first-order chi connectivity index (χ1) is 7.76. The first kappa shape index (κ1) is 11.6. The molecule has 0 saturated carbocycles. The van der Waals surface area contributed by atoms with Crippen LogP contribution in [0.25, 0.3) is 0 Å². The number of nitriles is 1. The molecule has 2 rings (SSSR count). The molecule has 16 heavy (non-hydrogen) atoms. The lowest BCUT2D eigenvalue weighted by molar-refractivity contribution is 0.412. The van der Waals surface area contributed by atoms with Crippen LogP contribution in [0.1, 0.15) is 18.2 Å². The van der Waals surface area contributed by atoms with E-state index in [1.165, 1.54) is 11.3 Å². The lowest BCUT2D eigenvalue weighted by Crippen LogP contribution is -2.57. The number of hydrogen-bond donors (Lipinski definition) is 1. The average Bonchev–Trinajstić information content (AvgIpc) is 2.56. The number of hydrogen-bond acceptors (Lipinski definition) is 5. The molecule has 0 spiro atoms. The molecule has 86 valence electrons. The van der Waals surface area contributed by atoms with Gasteiger partial charge in [-0.05, 0) is 6.42 Å². The summed E-state index contributed by atoms with van der Waals surface area (Å²) in [4.78, 5) is 7.01. The SMILES string of the molecule is CCCN(c1nc(Cl)c(C#N)s1)C1CNC1. The standard InChI is InChI=1S/C10H13ClN4S/c1-2-3-15(7-5-13-6-7)10-14-9(11)8(4-12)16-10/h7,13H,2-3,5-6H2,1H3. The highest BCUT2D eigenvalue weighted by Gasteiger charge is 2.27. The van der Waals surface area contributed by atoms with Gasteiger partial charge < -0.3 is 10.2 Å². The summed E-state index contributed by atoms with van der Waals surface area (Å²) in [6, 6.07) is 2.56. The van der Waals surface area contributed by atoms with E-state index in [9.17, 15) is 0 Å². The molecule has 0 aliphatic carbocycles. The summed E-state index contributed by atoms with van der Waals surface area (Å²) in [6.45, 7) is 5.07. The van der Waals surface area contributed by atoms with E-state index in [0.29, 0.717) is 16.1 Å². The Morgan fingerprint density at radius 3 is 2.88 bits per heavy atom. The number of nitrogens with zero attached hydrogens (tertiary/aromatic N) is 3. The van der Waals surface area contributed by atoms with E-state index in [4.69, 9.17) is 16.9 Å². The molecule has 0 radical (unpaired) electrons. The number of aromatic nitrogens is 1. The van der Waals surface area contributed by atoms with Gasteiger partial charge in [0, 0.05) is 19.6 Å². The molecular formula is C10H13ClN4S. The van der Waals surface area contributed by atoms with Gasteiger partial charge in [-0.2, -0.15) is 5.26 Å². The third kappa shape index (κ3) is 2.14. The van der Waals surface area contributed by atoms with Crippen LogP contribution in [0, 0.1) is 11.3 Å². The largest absolute Gasteiger partial charge is 0.342 e. The van der Waals surface area contributed by atoms with Crippen LogP contribution in [0.4, 0.5) is 5.13 Å². The molecule has 1 aliphatic heterocycles. The molecule has 1 aromatic heterocycles. The summed E-state index contributed by atoms with van der Waals surface area (Å²) in [5, 5.41) is 13.3. The fourth-order valence-corrected chi connectivity index (χ4v) is 2.79. The van der Waals surface area contributed by atoms with E-state index in [2.05, 4.69) is 28.2 Å². The third-order valence-corrected chi connectivity index (χ3v) is 3.97. The zero-order valence-corrected chi connectivity index (χ0v) is 10.6. The van der Waals surface area contributed by atoms with Gasteiger partial charge in [-0.3, -0.25) is 0 Å². The maximum Gasteiger partial charge on any atom is 0.188 e. The number of halogens is 1. The molecule has 1 fully saturated rings. The van der Waals surface area contributed by atoms with Gasteiger partial charge in [0.25, 0.3) is 0 Å². The van der Waals surface area contributed by atoms with E-state index in [-0.39, 0.29) is 0 Å². The molecule has 6 heteroatoms. The van der Waals surface area contributed by atoms with Gasteiger partial charge in [0.15, 0.2) is 10.3 Å². The second-order valence-corrected chi connectivity index (χ2v) is 5.07. The lowest BCUT2D eigenvalue weighted by Gasteiger charge is -2.38. The Morgan fingerprint density at radius 2 is 2.44 bits per heavy atom. The predicted molar refractivity (Wildman–Crippen MR) is 66.1 cm³/mol. The first-order valence-electron chi connectivity index (χ1n) is 5.30. The van der Waals surface area contributed by atoms with E-state index >= 15 is 0 Å². The van der Waals surface area contributed by atoms with Crippen LogP contribution >= 0.6 is 22.9 Å². The van der Waals surface area contributed by atoms with Crippen molar-refractivity contribution in [1.82, 2.24) is 10.3 Å². The zero-order valence-electron chi connectivity index (χ0n) is 9.03. The first-order valence-corrected chi connectivity index (χ1v) is 6.49. The molecule has 0 bridgehead atoms. The topological polar surface area (TPSA) is 52.0 Å². The van der Waals surface area contributed by atoms with E-state index in [1.54, 1.807) is 0 Å². The van der Waals surface area contributed by atoms with E-state index in [1.807, 2.05) is 0 Å². The molecule has 0 aromatic carbocycles. The number of anilines is 1. The van der Waals surface area contributed by atoms with Crippen LogP contribution in [-0.4, -0.2) is 30.7 Å². The highest BCUT2D eigenvalue weighted by Crippen LogP contribution is 2.30. The minimum Gasteiger partial charge on any atom is -0.342 e. The van der Waals surface area contributed by atoms with Gasteiger partial charge in [-0.15, -0.1) is 0 Å². The van der Waals surface area contributed by atoms with Crippen molar-refractivity contribution in [3.63, 3.8) is 0 Å². The van der Waals surface area contributed by atoms with Crippen molar-refractivity contribution in [1.29, 1.82) is 5.26 Å². The fraction of sp³-hybridized carbons (Fsp3) is 0.600. The maximum absolute atomic E-state index is 8.86. The summed E-state index contributed by atoms with van der Waals surface area (Å²) in [7, 11) is 0. The summed E-state index contributed by atoms with van der Waals surface area (Å²) in [5.41, 5.74) is 0. The highest BCUT2D eigenvalue weighted by atomic mass is 35.5. The monoisotopic (exact) mass is 256 g/mol. The minimum absolute atomic E-state index is 0.330. The van der Waals surface area contributed by atoms with Gasteiger partial charge in [0.05, 0.1) is 6.04 Å². The van der Waals surface area contributed by atoms with Crippen LogP contribution in [-0.2, 0) is 0 Å². The molecule has 0 amide bonds. The van der Waals surface area contributed by atoms with Gasteiger partial charge in [-0.25, -0.2) is 4.98 Å². The molecule has 1 saturated heterocycles. The Morgan fingerprint density at radius 1 is 1.69 bits per heavy atom. The number of nitrogens with one attached hydrogen (secondary N) is 1. The fourth-order valence-electron chi connectivity index (χ4n) is 1.65. The van der Waals surface area contributed by atoms with Crippen LogP contribution in [0.15, 0.2) is 0 Å². The van der Waals surface area contributed by atoms with Crippen molar-refractivity contribution in [2.24, 2.45) is 0 Å². The summed E-state index contributed by atoms with van der Waals surface area (Å²) in [5.74, 6) is 0. The second-order valence-electron chi connectivity index (χ2n) is 3.73. The second kappa shape index (κ2) is 5.00. The van der Waals surface area contributed by atoms with E-state index in [0.717, 1.165) is 31.2 Å². The van der Waals surface area contributed by atoms with Crippen molar-refractivity contribution < 1.29 is 0 Å². The predicted octanol–water partition coefficient (Wildman–Crippen LogP) is 1.86. The van der Waals surface area contributed by atoms with Gasteiger partial charge >= 0.3 is 0 Å². The molecule has 4 nitrogen and oxygen atoms in total. The zero-order chi connectivity index (χ0) is 11.5. The number of thiazole rings is 1. The van der Waals surface area contributed by atoms with Gasteiger partial charge in [0.2, 0.25) is 0 Å². The van der Waals surface area contributed by atoms with Crippen LogP contribution < -0.4 is 10.2 Å². The molecule has 1 aliphatic rings. The van der Waals surface area contributed by atoms with Crippen molar-refractivity contribution in [3.05, 3.63) is 10.0 Å². The van der Waals surface area contributed by atoms with E-state index < -0.39 is 0 Å². The summed E-state index contributed by atoms with van der Waals surface area (Å²) >= 11 is 7.27. The maximum atomic E-state index is 8.86. The minimum atomic E-state index is 0.330. The quantitative estimate of drug-likeness (QED) is 0.894. The van der Waals surface area contributed by atoms with Crippen molar-refractivity contribution in [2.45, 2.75) is 19.4 Å². The van der Waals surface area contributed by atoms with Crippen LogP contribution in [0.3, 0.4) is 0 Å². The summed E-state index contributed by atoms with van der Waals surface area (Å²) < 4.78 is 0. The van der Waals surface area contributed by atoms with Gasteiger partial charge in [0.1, 0.15) is 10.9 Å². The third-order valence-electron chi connectivity index (χ3n) is 2.59. The van der Waals surface area contributed by atoms with Gasteiger partial charge in [-0.1, -0.05) is 29.9 Å². The Labute approximate surface area is 104 Å². The van der Waals surface area contributed by atoms with Crippen molar-refractivity contribution in [2.75, 3.05) is 24.5 Å². The Kier molecular flexibility index (Phi) is 3.64. The molecule has 2 heterocycles. The van der Waals surface area contributed by atoms with Crippen LogP contribution in [0.2, 0.25) is 5.15 Å². The average molecular weight is 257 g/mol. The Bertz CT molecular complexity index is 407. The normalized spacial score (nSPS) is 15.6. The lowest BCUT2D eigenvalue weighted by atomic mass is 10.1. The smallest absolute Gasteiger partial charge is 0.188 e. The molecule has 0 unspecified atom stereocenters. The van der Waals surface area contributed by atoms with Crippen LogP contribution in [0.5, 0.6) is 0 Å². The molecule has 1 aromatic rings. The molecular weight excluding hydrogens is 244 g/mol. The molecule has 1 N–H and O–H groups in total. The Hall–Kier alpha value is -0.830. The molecule has 0 atom stereocenters. The Balaban J connectivity index is 2.20. The van der Waals surface area contributed by atoms with Crippen molar-refractivity contribution >= 4 is 28.1 Å². The number of rotatable bonds is 4.